The van der Waals surface area contributed by atoms with Crippen LogP contribution in [0.2, 0.25) is 0 Å². The van der Waals surface area contributed by atoms with E-state index in [1.165, 1.54) is 4.31 Å². The number of carbonyl (C=O) groups is 1. The van der Waals surface area contributed by atoms with Gasteiger partial charge in [-0.05, 0) is 25.5 Å². The van der Waals surface area contributed by atoms with Crippen molar-refractivity contribution >= 4 is 16.0 Å². The number of alkyl halides is 3. The lowest BCUT2D eigenvalue weighted by molar-refractivity contribution is -0.192. The predicted octanol–water partition coefficient (Wildman–Crippen LogP) is 1.67. The predicted molar refractivity (Wildman–Crippen MR) is 95.4 cm³/mol. The maximum atomic E-state index is 11.9. The number of hydrogen-bond acceptors (Lipinski definition) is 6. The van der Waals surface area contributed by atoms with Crippen LogP contribution >= 0.6 is 0 Å². The highest BCUT2D eigenvalue weighted by molar-refractivity contribution is 7.89. The van der Waals surface area contributed by atoms with Crippen molar-refractivity contribution in [3.63, 3.8) is 0 Å². The highest BCUT2D eigenvalue weighted by atomic mass is 32.2. The normalized spacial score (nSPS) is 21.3. The maximum absolute atomic E-state index is 11.9. The summed E-state index contributed by atoms with van der Waals surface area (Å²) in [5, 5.41) is 7.12. The van der Waals surface area contributed by atoms with Crippen LogP contribution in [0.4, 0.5) is 13.2 Å². The second-order valence-corrected chi connectivity index (χ2v) is 8.96. The zero-order chi connectivity index (χ0) is 21.7. The average Bonchev–Trinajstić information content (AvgIpc) is 3.05. The first-order valence-electron chi connectivity index (χ1n) is 8.90. The molecule has 2 aliphatic heterocycles. The molecule has 0 bridgehead atoms. The fraction of sp³-hybridized carbons (Fsp3) is 0.647. The number of rotatable bonds is 6. The van der Waals surface area contributed by atoms with Crippen LogP contribution in [0.1, 0.15) is 19.0 Å². The summed E-state index contributed by atoms with van der Waals surface area (Å²) >= 11 is 0. The van der Waals surface area contributed by atoms with E-state index in [2.05, 4.69) is 4.98 Å². The van der Waals surface area contributed by atoms with Crippen LogP contribution in [0.15, 0.2) is 24.4 Å². The molecule has 0 amide bonds. The molecule has 0 aliphatic carbocycles. The molecule has 12 heteroatoms. The van der Waals surface area contributed by atoms with E-state index in [0.29, 0.717) is 32.9 Å². The molecule has 0 aromatic carbocycles. The van der Waals surface area contributed by atoms with Crippen LogP contribution in [0, 0.1) is 5.92 Å². The fourth-order valence-corrected chi connectivity index (χ4v) is 4.28. The van der Waals surface area contributed by atoms with Crippen molar-refractivity contribution in [3.8, 4) is 0 Å². The summed E-state index contributed by atoms with van der Waals surface area (Å²) in [6.07, 6.45) is -2.42. The second kappa shape index (κ2) is 9.37. The van der Waals surface area contributed by atoms with E-state index < -0.39 is 22.2 Å². The summed E-state index contributed by atoms with van der Waals surface area (Å²) in [6.45, 7) is 4.32. The third kappa shape index (κ3) is 6.11. The molecule has 2 fully saturated rings. The number of carboxylic acid groups (broad SMARTS) is 1. The zero-order valence-corrected chi connectivity index (χ0v) is 16.6. The highest BCUT2D eigenvalue weighted by Gasteiger charge is 2.55. The van der Waals surface area contributed by atoms with Crippen LogP contribution in [0.25, 0.3) is 0 Å². The average molecular weight is 440 g/mol. The van der Waals surface area contributed by atoms with Crippen molar-refractivity contribution in [2.75, 3.05) is 32.1 Å². The maximum Gasteiger partial charge on any atom is 0.490 e. The lowest BCUT2D eigenvalue weighted by atomic mass is 9.83. The van der Waals surface area contributed by atoms with Gasteiger partial charge in [-0.1, -0.05) is 6.07 Å². The molecule has 2 saturated heterocycles. The second-order valence-electron chi connectivity index (χ2n) is 6.71. The fourth-order valence-electron chi connectivity index (χ4n) is 3.09. The van der Waals surface area contributed by atoms with E-state index >= 15 is 0 Å². The molecule has 8 nitrogen and oxygen atoms in total. The molecule has 29 heavy (non-hydrogen) atoms. The summed E-state index contributed by atoms with van der Waals surface area (Å²) in [5.41, 5.74) is 0.561. The first-order valence-corrected chi connectivity index (χ1v) is 10.5. The summed E-state index contributed by atoms with van der Waals surface area (Å²) in [5.74, 6) is -2.36. The summed E-state index contributed by atoms with van der Waals surface area (Å²) in [7, 11) is -3.11. The van der Waals surface area contributed by atoms with E-state index in [0.717, 1.165) is 12.1 Å². The van der Waals surface area contributed by atoms with Crippen LogP contribution in [0.3, 0.4) is 0 Å². The van der Waals surface area contributed by atoms with Gasteiger partial charge in [-0.2, -0.15) is 17.5 Å². The Bertz CT molecular complexity index is 782. The molecule has 3 heterocycles. The number of ether oxygens (including phenoxy) is 2. The Kier molecular flexibility index (Phi) is 7.60. The summed E-state index contributed by atoms with van der Waals surface area (Å²) in [4.78, 5) is 13.1. The number of nitrogens with zero attached hydrogens (tertiary/aromatic N) is 2. The Hall–Kier alpha value is -1.76. The van der Waals surface area contributed by atoms with Gasteiger partial charge < -0.3 is 14.6 Å². The van der Waals surface area contributed by atoms with E-state index in [4.69, 9.17) is 19.4 Å². The largest absolute Gasteiger partial charge is 0.490 e. The van der Waals surface area contributed by atoms with Gasteiger partial charge in [0.15, 0.2) is 0 Å². The Morgan fingerprint density at radius 2 is 2.07 bits per heavy atom. The lowest BCUT2D eigenvalue weighted by Gasteiger charge is -2.49. The molecule has 1 aromatic heterocycles. The van der Waals surface area contributed by atoms with Crippen LogP contribution in [0.5, 0.6) is 0 Å². The number of aliphatic carboxylic acids is 1. The zero-order valence-electron chi connectivity index (χ0n) is 15.8. The molecule has 164 valence electrons. The van der Waals surface area contributed by atoms with Crippen molar-refractivity contribution < 1.29 is 41.0 Å². The van der Waals surface area contributed by atoms with Crippen molar-refractivity contribution in [2.24, 2.45) is 5.92 Å². The van der Waals surface area contributed by atoms with E-state index in [1.807, 2.05) is 18.2 Å². The number of halogens is 3. The molecule has 0 radical (unpaired) electrons. The molecule has 1 spiro atoms. The third-order valence-electron chi connectivity index (χ3n) is 4.78. The van der Waals surface area contributed by atoms with Crippen LogP contribution in [-0.4, -0.2) is 72.6 Å². The summed E-state index contributed by atoms with van der Waals surface area (Å²) in [6, 6.07) is 5.74. The first-order chi connectivity index (χ1) is 13.5. The molecule has 0 saturated carbocycles. The monoisotopic (exact) mass is 440 g/mol. The van der Waals surface area contributed by atoms with Gasteiger partial charge in [0.05, 0.1) is 24.7 Å². The molecule has 1 atom stereocenters. The minimum absolute atomic E-state index is 0.143. The number of aromatic nitrogens is 1. The van der Waals surface area contributed by atoms with Crippen molar-refractivity contribution in [2.45, 2.75) is 31.7 Å². The van der Waals surface area contributed by atoms with Gasteiger partial charge in [-0.3, -0.25) is 4.98 Å². The first kappa shape index (κ1) is 23.5. The van der Waals surface area contributed by atoms with Gasteiger partial charge in [0.2, 0.25) is 10.0 Å². The Balaban J connectivity index is 0.000000370. The van der Waals surface area contributed by atoms with E-state index in [1.54, 1.807) is 13.1 Å². The molecule has 1 aromatic rings. The molecule has 3 rings (SSSR count). The smallest absolute Gasteiger partial charge is 0.475 e. The highest BCUT2D eigenvalue weighted by Crippen LogP contribution is 2.41. The Morgan fingerprint density at radius 1 is 1.41 bits per heavy atom. The quantitative estimate of drug-likeness (QED) is 0.717. The Morgan fingerprint density at radius 3 is 2.59 bits per heavy atom. The van der Waals surface area contributed by atoms with Gasteiger partial charge in [-0.25, -0.2) is 13.2 Å². The topological polar surface area (TPSA) is 106 Å². The van der Waals surface area contributed by atoms with E-state index in [9.17, 15) is 21.6 Å². The lowest BCUT2D eigenvalue weighted by Crippen LogP contribution is -2.66. The minimum Gasteiger partial charge on any atom is -0.475 e. The number of hydrogen-bond donors (Lipinski definition) is 1. The van der Waals surface area contributed by atoms with Crippen molar-refractivity contribution in [1.29, 1.82) is 0 Å². The van der Waals surface area contributed by atoms with Crippen LogP contribution in [-0.2, 0) is 30.9 Å². The van der Waals surface area contributed by atoms with Gasteiger partial charge >= 0.3 is 12.1 Å². The third-order valence-corrected chi connectivity index (χ3v) is 6.56. The SMILES string of the molecule is CCS(=O)(=O)N1CC2(C1)OCCC2COCc1ccccn1.O=C(O)C(F)(F)F. The van der Waals surface area contributed by atoms with Crippen LogP contribution < -0.4 is 0 Å². The van der Waals surface area contributed by atoms with Crippen molar-refractivity contribution in [3.05, 3.63) is 30.1 Å². The number of pyridine rings is 1. The molecule has 2 aliphatic rings. The minimum atomic E-state index is -5.08. The Labute approximate surface area is 166 Å². The van der Waals surface area contributed by atoms with E-state index in [-0.39, 0.29) is 17.3 Å². The van der Waals surface area contributed by atoms with Gasteiger partial charge in [0, 0.05) is 31.8 Å². The molecular weight excluding hydrogens is 417 g/mol. The molecular formula is C17H23F3N2O6S. The molecule has 1 unspecified atom stereocenters. The summed E-state index contributed by atoms with van der Waals surface area (Å²) < 4.78 is 68.6. The van der Waals surface area contributed by atoms with Gasteiger partial charge in [-0.15, -0.1) is 0 Å². The standard InChI is InChI=1S/C15H22N2O4S.C2HF3O2/c1-2-22(18,19)17-11-15(12-17)13(6-8-21-15)9-20-10-14-5-3-4-7-16-14;3-2(4,5)1(6)7/h3-5,7,13H,2,6,8-12H2,1H3;(H,6,7). The van der Waals surface area contributed by atoms with Crippen molar-refractivity contribution in [1.82, 2.24) is 9.29 Å². The number of carboxylic acids is 1. The van der Waals surface area contributed by atoms with Gasteiger partial charge in [0.1, 0.15) is 5.60 Å². The van der Waals surface area contributed by atoms with Gasteiger partial charge in [0.25, 0.3) is 0 Å². The molecule has 1 N–H and O–H groups in total. The number of sulfonamides is 1.